The highest BCUT2D eigenvalue weighted by Crippen LogP contribution is 2.25. The molecule has 20 heavy (non-hydrogen) atoms. The van der Waals surface area contributed by atoms with Gasteiger partial charge in [0.2, 0.25) is 0 Å². The van der Waals surface area contributed by atoms with Gasteiger partial charge >= 0.3 is 0 Å². The molecule has 0 aromatic carbocycles. The number of fused-ring (bicyclic) bond motifs is 1. The quantitative estimate of drug-likeness (QED) is 0.657. The van der Waals surface area contributed by atoms with Crippen LogP contribution in [0.3, 0.4) is 0 Å². The zero-order valence-corrected chi connectivity index (χ0v) is 12.5. The van der Waals surface area contributed by atoms with E-state index < -0.39 is 0 Å². The molecule has 0 unspecified atom stereocenters. The normalized spacial score (nSPS) is 11.8. The third-order valence-electron chi connectivity index (χ3n) is 3.22. The van der Waals surface area contributed by atoms with Crippen molar-refractivity contribution in [1.82, 2.24) is 14.6 Å². The van der Waals surface area contributed by atoms with Crippen LogP contribution in [0.4, 0.5) is 5.82 Å². The van der Waals surface area contributed by atoms with Crippen LogP contribution in [0.1, 0.15) is 32.9 Å². The average molecular weight is 274 g/mol. The summed E-state index contributed by atoms with van der Waals surface area (Å²) in [6, 6.07) is 2.08. The third-order valence-corrected chi connectivity index (χ3v) is 3.22. The van der Waals surface area contributed by atoms with E-state index in [-0.39, 0.29) is 11.3 Å². The van der Waals surface area contributed by atoms with Crippen molar-refractivity contribution in [1.29, 1.82) is 5.41 Å². The van der Waals surface area contributed by atoms with Crippen LogP contribution in [0.2, 0.25) is 0 Å². The molecule has 0 aliphatic heterocycles. The maximum Gasteiger partial charge on any atom is 0.154 e. The van der Waals surface area contributed by atoms with E-state index in [2.05, 4.69) is 36.9 Å². The highest BCUT2D eigenvalue weighted by atomic mass is 15.3. The Kier molecular flexibility index (Phi) is 3.65. The maximum atomic E-state index is 7.31. The predicted molar refractivity (Wildman–Crippen MR) is 81.5 cm³/mol. The van der Waals surface area contributed by atoms with E-state index in [1.807, 2.05) is 22.7 Å². The van der Waals surface area contributed by atoms with E-state index in [0.717, 1.165) is 17.0 Å². The maximum absolute atomic E-state index is 7.31. The average Bonchev–Trinajstić information content (AvgIpc) is 2.79. The molecule has 2 aromatic rings. The Hall–Kier alpha value is -2.11. The molecule has 6 nitrogen and oxygen atoms in total. The third kappa shape index (κ3) is 2.89. The molecule has 2 heterocycles. The fraction of sp³-hybridized carbons (Fsp3) is 0.500. The lowest BCUT2D eigenvalue weighted by Gasteiger charge is -2.18. The van der Waals surface area contributed by atoms with Crippen LogP contribution in [0, 0.1) is 5.41 Å². The SMILES string of the molecule is CN(CCC(=N)N)c1nccn2nc(C(C)(C)C)cc12. The van der Waals surface area contributed by atoms with Crippen LogP contribution < -0.4 is 10.6 Å². The van der Waals surface area contributed by atoms with Gasteiger partial charge in [-0.3, -0.25) is 5.41 Å². The number of nitrogens with two attached hydrogens (primary N) is 1. The second-order valence-corrected chi connectivity index (χ2v) is 6.06. The number of rotatable bonds is 4. The Balaban J connectivity index is 2.38. The standard InChI is InChI=1S/C14H22N6/c1-14(2,3)11-9-10-13(17-6-8-20(10)18-11)19(4)7-5-12(15)16/h6,8-9H,5,7H2,1-4H3,(H3,15,16). The molecule has 2 rings (SSSR count). The van der Waals surface area contributed by atoms with E-state index in [1.54, 1.807) is 6.20 Å². The largest absolute Gasteiger partial charge is 0.388 e. The monoisotopic (exact) mass is 274 g/mol. The first-order chi connectivity index (χ1) is 9.29. The summed E-state index contributed by atoms with van der Waals surface area (Å²) in [6.07, 6.45) is 4.12. The smallest absolute Gasteiger partial charge is 0.154 e. The predicted octanol–water partition coefficient (Wildman–Crippen LogP) is 1.79. The first-order valence-corrected chi connectivity index (χ1v) is 6.68. The van der Waals surface area contributed by atoms with Crippen LogP contribution in [-0.4, -0.2) is 34.0 Å². The van der Waals surface area contributed by atoms with Gasteiger partial charge in [0.15, 0.2) is 5.82 Å². The van der Waals surface area contributed by atoms with Crippen molar-refractivity contribution in [2.75, 3.05) is 18.5 Å². The van der Waals surface area contributed by atoms with Crippen LogP contribution in [0.15, 0.2) is 18.5 Å². The van der Waals surface area contributed by atoms with Gasteiger partial charge in [-0.1, -0.05) is 20.8 Å². The fourth-order valence-electron chi connectivity index (χ4n) is 1.96. The lowest BCUT2D eigenvalue weighted by molar-refractivity contribution is 0.562. The Labute approximate surface area is 119 Å². The molecule has 108 valence electrons. The van der Waals surface area contributed by atoms with E-state index >= 15 is 0 Å². The molecule has 0 fully saturated rings. The van der Waals surface area contributed by atoms with Crippen molar-refractivity contribution in [2.24, 2.45) is 5.73 Å². The summed E-state index contributed by atoms with van der Waals surface area (Å²) in [5.74, 6) is 1.05. The molecule has 2 aromatic heterocycles. The van der Waals surface area contributed by atoms with Gasteiger partial charge in [0, 0.05) is 37.8 Å². The summed E-state index contributed by atoms with van der Waals surface area (Å²) in [4.78, 5) is 6.44. The molecule has 0 amide bonds. The van der Waals surface area contributed by atoms with Gasteiger partial charge < -0.3 is 10.6 Å². The molecule has 0 radical (unpaired) electrons. The Morgan fingerprint density at radius 3 is 2.75 bits per heavy atom. The van der Waals surface area contributed by atoms with E-state index in [0.29, 0.717) is 13.0 Å². The number of aromatic nitrogens is 3. The summed E-state index contributed by atoms with van der Waals surface area (Å²) >= 11 is 0. The molecule has 0 saturated carbocycles. The van der Waals surface area contributed by atoms with E-state index in [9.17, 15) is 0 Å². The van der Waals surface area contributed by atoms with Crippen LogP contribution in [0.25, 0.3) is 5.52 Å². The summed E-state index contributed by atoms with van der Waals surface area (Å²) < 4.78 is 1.85. The molecule has 3 N–H and O–H groups in total. The number of hydrogen-bond acceptors (Lipinski definition) is 4. The van der Waals surface area contributed by atoms with Crippen LogP contribution in [-0.2, 0) is 5.41 Å². The number of anilines is 1. The minimum atomic E-state index is 0.00124. The number of amidine groups is 1. The van der Waals surface area contributed by atoms with Crippen molar-refractivity contribution in [3.05, 3.63) is 24.2 Å². The van der Waals surface area contributed by atoms with E-state index in [4.69, 9.17) is 11.1 Å². The van der Waals surface area contributed by atoms with Crippen molar-refractivity contribution in [3.63, 3.8) is 0 Å². The fourth-order valence-corrected chi connectivity index (χ4v) is 1.96. The molecule has 0 atom stereocenters. The van der Waals surface area contributed by atoms with Gasteiger partial charge in [0.25, 0.3) is 0 Å². The van der Waals surface area contributed by atoms with Gasteiger partial charge in [0.1, 0.15) is 5.52 Å². The highest BCUT2D eigenvalue weighted by molar-refractivity contribution is 5.78. The summed E-state index contributed by atoms with van der Waals surface area (Å²) in [7, 11) is 1.95. The summed E-state index contributed by atoms with van der Waals surface area (Å²) in [5, 5.41) is 11.9. The van der Waals surface area contributed by atoms with Crippen LogP contribution >= 0.6 is 0 Å². The topological polar surface area (TPSA) is 83.3 Å². The Bertz CT molecular complexity index is 622. The van der Waals surface area contributed by atoms with Crippen molar-refractivity contribution in [2.45, 2.75) is 32.6 Å². The summed E-state index contributed by atoms with van der Waals surface area (Å²) in [6.45, 7) is 7.09. The first kappa shape index (κ1) is 14.3. The lowest BCUT2D eigenvalue weighted by Crippen LogP contribution is -2.25. The molecule has 0 bridgehead atoms. The Morgan fingerprint density at radius 2 is 2.15 bits per heavy atom. The number of nitrogens with one attached hydrogen (secondary N) is 1. The van der Waals surface area contributed by atoms with Gasteiger partial charge in [-0.15, -0.1) is 0 Å². The second-order valence-electron chi connectivity index (χ2n) is 6.06. The minimum Gasteiger partial charge on any atom is -0.388 e. The van der Waals surface area contributed by atoms with Gasteiger partial charge in [-0.2, -0.15) is 5.10 Å². The molecule has 0 spiro atoms. The molecule has 0 aliphatic rings. The van der Waals surface area contributed by atoms with Gasteiger partial charge in [-0.25, -0.2) is 9.50 Å². The van der Waals surface area contributed by atoms with Crippen molar-refractivity contribution in [3.8, 4) is 0 Å². The molecule has 0 aliphatic carbocycles. The zero-order chi connectivity index (χ0) is 14.9. The zero-order valence-electron chi connectivity index (χ0n) is 12.5. The minimum absolute atomic E-state index is 0.00124. The van der Waals surface area contributed by atoms with Crippen molar-refractivity contribution >= 4 is 17.2 Å². The van der Waals surface area contributed by atoms with Gasteiger partial charge in [-0.05, 0) is 6.07 Å². The van der Waals surface area contributed by atoms with Gasteiger partial charge in [0.05, 0.1) is 11.5 Å². The highest BCUT2D eigenvalue weighted by Gasteiger charge is 2.19. The lowest BCUT2D eigenvalue weighted by atomic mass is 9.92. The second kappa shape index (κ2) is 5.11. The summed E-state index contributed by atoms with van der Waals surface area (Å²) in [5.41, 5.74) is 7.42. The number of nitrogens with zero attached hydrogens (tertiary/aromatic N) is 4. The first-order valence-electron chi connectivity index (χ1n) is 6.68. The molecule has 6 heteroatoms. The van der Waals surface area contributed by atoms with Crippen LogP contribution in [0.5, 0.6) is 0 Å². The Morgan fingerprint density at radius 1 is 1.45 bits per heavy atom. The van der Waals surface area contributed by atoms with Crippen molar-refractivity contribution < 1.29 is 0 Å². The molecule has 0 saturated heterocycles. The molecular formula is C14H22N6. The van der Waals surface area contributed by atoms with E-state index in [1.165, 1.54) is 0 Å². The molecular weight excluding hydrogens is 252 g/mol. The number of hydrogen-bond donors (Lipinski definition) is 2.